The van der Waals surface area contributed by atoms with Crippen LogP contribution in [0.2, 0.25) is 0 Å². The first-order valence-electron chi connectivity index (χ1n) is 4.63. The maximum atomic E-state index is 11.8. The van der Waals surface area contributed by atoms with Crippen molar-refractivity contribution < 1.29 is 8.78 Å². The van der Waals surface area contributed by atoms with Gasteiger partial charge in [-0.15, -0.1) is 0 Å². The van der Waals surface area contributed by atoms with Gasteiger partial charge in [0.1, 0.15) is 0 Å². The SMILES string of the molecule is CCc1nn(C)cc1CNCC(F)F. The predicted molar refractivity (Wildman–Crippen MR) is 50.3 cm³/mol. The Labute approximate surface area is 82.1 Å². The van der Waals surface area contributed by atoms with Crippen LogP contribution >= 0.6 is 0 Å². The van der Waals surface area contributed by atoms with Crippen LogP contribution in [0, 0.1) is 0 Å². The summed E-state index contributed by atoms with van der Waals surface area (Å²) >= 11 is 0. The van der Waals surface area contributed by atoms with Crippen molar-refractivity contribution in [3.05, 3.63) is 17.5 Å². The topological polar surface area (TPSA) is 29.9 Å². The lowest BCUT2D eigenvalue weighted by Gasteiger charge is -2.02. The Kier molecular flexibility index (Phi) is 4.00. The molecule has 0 spiro atoms. The highest BCUT2D eigenvalue weighted by Crippen LogP contribution is 2.06. The summed E-state index contributed by atoms with van der Waals surface area (Å²) in [6.07, 6.45) is 0.390. The fourth-order valence-corrected chi connectivity index (χ4v) is 1.34. The Balaban J connectivity index is 2.48. The molecule has 1 rings (SSSR count). The smallest absolute Gasteiger partial charge is 0.250 e. The maximum absolute atomic E-state index is 11.8. The standard InChI is InChI=1S/C9H15F2N3/c1-3-8-7(6-14(2)13-8)4-12-5-9(10)11/h6,9,12H,3-5H2,1-2H3. The summed E-state index contributed by atoms with van der Waals surface area (Å²) in [5.41, 5.74) is 1.96. The number of aromatic nitrogens is 2. The molecule has 0 aliphatic heterocycles. The lowest BCUT2D eigenvalue weighted by molar-refractivity contribution is 0.145. The van der Waals surface area contributed by atoms with E-state index in [9.17, 15) is 8.78 Å². The van der Waals surface area contributed by atoms with Gasteiger partial charge in [0.2, 0.25) is 0 Å². The number of hydrogen-bond acceptors (Lipinski definition) is 2. The van der Waals surface area contributed by atoms with E-state index in [-0.39, 0.29) is 6.54 Å². The van der Waals surface area contributed by atoms with Gasteiger partial charge in [-0.1, -0.05) is 6.92 Å². The van der Waals surface area contributed by atoms with Crippen LogP contribution in [-0.4, -0.2) is 22.8 Å². The summed E-state index contributed by atoms with van der Waals surface area (Å²) in [5.74, 6) is 0. The minimum Gasteiger partial charge on any atom is -0.307 e. The first-order valence-corrected chi connectivity index (χ1v) is 4.63. The molecule has 0 amide bonds. The van der Waals surface area contributed by atoms with Crippen LogP contribution in [0.15, 0.2) is 6.20 Å². The third kappa shape index (κ3) is 3.06. The Hall–Kier alpha value is -0.970. The average molecular weight is 203 g/mol. The third-order valence-corrected chi connectivity index (χ3v) is 1.94. The first-order chi connectivity index (χ1) is 6.63. The second-order valence-electron chi connectivity index (χ2n) is 3.15. The highest BCUT2D eigenvalue weighted by molar-refractivity contribution is 5.16. The van der Waals surface area contributed by atoms with Crippen molar-refractivity contribution in [3.8, 4) is 0 Å². The second-order valence-corrected chi connectivity index (χ2v) is 3.15. The van der Waals surface area contributed by atoms with E-state index in [2.05, 4.69) is 10.4 Å². The summed E-state index contributed by atoms with van der Waals surface area (Å²) in [4.78, 5) is 0. The van der Waals surface area contributed by atoms with Crippen molar-refractivity contribution in [2.45, 2.75) is 26.3 Å². The quantitative estimate of drug-likeness (QED) is 0.782. The molecule has 0 aliphatic rings. The zero-order valence-electron chi connectivity index (χ0n) is 8.43. The monoisotopic (exact) mass is 203 g/mol. The normalized spacial score (nSPS) is 11.2. The van der Waals surface area contributed by atoms with Gasteiger partial charge in [0.15, 0.2) is 0 Å². The van der Waals surface area contributed by atoms with Crippen LogP contribution in [-0.2, 0) is 20.0 Å². The van der Waals surface area contributed by atoms with Crippen LogP contribution in [0.4, 0.5) is 8.78 Å². The average Bonchev–Trinajstić information content (AvgIpc) is 2.45. The molecule has 0 saturated carbocycles. The first kappa shape index (κ1) is 11.1. The molecule has 0 atom stereocenters. The van der Waals surface area contributed by atoms with Gasteiger partial charge < -0.3 is 5.32 Å². The molecule has 0 aromatic carbocycles. The van der Waals surface area contributed by atoms with Crippen LogP contribution in [0.5, 0.6) is 0 Å². The van der Waals surface area contributed by atoms with Gasteiger partial charge in [0.05, 0.1) is 12.2 Å². The maximum Gasteiger partial charge on any atom is 0.250 e. The van der Waals surface area contributed by atoms with E-state index < -0.39 is 6.43 Å². The van der Waals surface area contributed by atoms with Gasteiger partial charge in [-0.05, 0) is 6.42 Å². The fraction of sp³-hybridized carbons (Fsp3) is 0.667. The van der Waals surface area contributed by atoms with Crippen molar-refractivity contribution in [2.75, 3.05) is 6.54 Å². The summed E-state index contributed by atoms with van der Waals surface area (Å²) in [7, 11) is 1.83. The molecule has 5 heteroatoms. The molecule has 0 unspecified atom stereocenters. The third-order valence-electron chi connectivity index (χ3n) is 1.94. The minimum atomic E-state index is -2.29. The van der Waals surface area contributed by atoms with E-state index in [4.69, 9.17) is 0 Å². The van der Waals surface area contributed by atoms with E-state index in [0.717, 1.165) is 17.7 Å². The van der Waals surface area contributed by atoms with Crippen LogP contribution in [0.1, 0.15) is 18.2 Å². The van der Waals surface area contributed by atoms with Gasteiger partial charge >= 0.3 is 0 Å². The summed E-state index contributed by atoms with van der Waals surface area (Å²) in [6.45, 7) is 2.19. The van der Waals surface area contributed by atoms with Crippen molar-refractivity contribution in [1.82, 2.24) is 15.1 Å². The van der Waals surface area contributed by atoms with Gasteiger partial charge in [0, 0.05) is 25.4 Å². The number of hydrogen-bond donors (Lipinski definition) is 1. The predicted octanol–water partition coefficient (Wildman–Crippen LogP) is 1.34. The Bertz CT molecular complexity index is 284. The largest absolute Gasteiger partial charge is 0.307 e. The summed E-state index contributed by atoms with van der Waals surface area (Å²) in [6, 6.07) is 0. The number of rotatable bonds is 5. The molecular formula is C9H15F2N3. The van der Waals surface area contributed by atoms with Crippen molar-refractivity contribution >= 4 is 0 Å². The molecule has 14 heavy (non-hydrogen) atoms. The molecular weight excluding hydrogens is 188 g/mol. The molecule has 0 aliphatic carbocycles. The molecule has 3 nitrogen and oxygen atoms in total. The van der Waals surface area contributed by atoms with Crippen molar-refractivity contribution in [2.24, 2.45) is 7.05 Å². The lowest BCUT2D eigenvalue weighted by Crippen LogP contribution is -2.20. The summed E-state index contributed by atoms with van der Waals surface area (Å²) < 4.78 is 25.4. The second kappa shape index (κ2) is 5.05. The Morgan fingerprint density at radius 2 is 2.29 bits per heavy atom. The van der Waals surface area contributed by atoms with Gasteiger partial charge in [-0.2, -0.15) is 5.10 Å². The molecule has 1 aromatic rings. The minimum absolute atomic E-state index is 0.266. The molecule has 1 N–H and O–H groups in total. The van der Waals surface area contributed by atoms with E-state index >= 15 is 0 Å². The van der Waals surface area contributed by atoms with E-state index in [1.807, 2.05) is 20.2 Å². The number of nitrogens with one attached hydrogen (secondary N) is 1. The summed E-state index contributed by atoms with van der Waals surface area (Å²) in [5, 5.41) is 6.90. The molecule has 0 bridgehead atoms. The molecule has 1 heterocycles. The highest BCUT2D eigenvalue weighted by atomic mass is 19.3. The van der Waals surface area contributed by atoms with Gasteiger partial charge in [-0.3, -0.25) is 4.68 Å². The van der Waals surface area contributed by atoms with E-state index in [1.54, 1.807) is 4.68 Å². The van der Waals surface area contributed by atoms with E-state index in [0.29, 0.717) is 6.54 Å². The van der Waals surface area contributed by atoms with Gasteiger partial charge in [-0.25, -0.2) is 8.78 Å². The number of alkyl halides is 2. The zero-order chi connectivity index (χ0) is 10.6. The number of halogens is 2. The Morgan fingerprint density at radius 3 is 2.86 bits per heavy atom. The molecule has 80 valence electrons. The molecule has 0 fully saturated rings. The van der Waals surface area contributed by atoms with Gasteiger partial charge in [0.25, 0.3) is 6.43 Å². The highest BCUT2D eigenvalue weighted by Gasteiger charge is 2.06. The zero-order valence-corrected chi connectivity index (χ0v) is 8.43. The van der Waals surface area contributed by atoms with Crippen molar-refractivity contribution in [3.63, 3.8) is 0 Å². The van der Waals surface area contributed by atoms with Crippen LogP contribution in [0.3, 0.4) is 0 Å². The molecule has 0 saturated heterocycles. The molecule has 0 radical (unpaired) electrons. The van der Waals surface area contributed by atoms with Crippen LogP contribution in [0.25, 0.3) is 0 Å². The fourth-order valence-electron chi connectivity index (χ4n) is 1.34. The van der Waals surface area contributed by atoms with Crippen LogP contribution < -0.4 is 5.32 Å². The lowest BCUT2D eigenvalue weighted by atomic mass is 10.2. The van der Waals surface area contributed by atoms with E-state index in [1.165, 1.54) is 0 Å². The number of aryl methyl sites for hydroxylation is 2. The van der Waals surface area contributed by atoms with Crippen molar-refractivity contribution in [1.29, 1.82) is 0 Å². The Morgan fingerprint density at radius 1 is 1.57 bits per heavy atom. The number of nitrogens with zero attached hydrogens (tertiary/aromatic N) is 2. The molecule has 1 aromatic heterocycles.